The van der Waals surface area contributed by atoms with Gasteiger partial charge >= 0.3 is 11.8 Å². The monoisotopic (exact) mass is 350 g/mol. The molecule has 0 bridgehead atoms. The van der Waals surface area contributed by atoms with Gasteiger partial charge in [0, 0.05) is 12.2 Å². The van der Waals surface area contributed by atoms with E-state index in [1.165, 1.54) is 19.2 Å². The van der Waals surface area contributed by atoms with Crippen molar-refractivity contribution in [1.82, 2.24) is 5.32 Å². The number of rotatable bonds is 5. The van der Waals surface area contributed by atoms with Gasteiger partial charge in [-0.05, 0) is 36.2 Å². The minimum absolute atomic E-state index is 0.149. The molecule has 0 atom stereocenters. The zero-order valence-corrected chi connectivity index (χ0v) is 13.7. The molecule has 5 nitrogen and oxygen atoms in total. The van der Waals surface area contributed by atoms with Crippen LogP contribution in [-0.2, 0) is 16.0 Å². The Labute approximate surface area is 143 Å². The fraction of sp³-hybridized carbons (Fsp3) is 0.176. The molecule has 0 aliphatic rings. The van der Waals surface area contributed by atoms with Crippen LogP contribution in [0.2, 0.25) is 5.02 Å². The third kappa shape index (κ3) is 4.70. The van der Waals surface area contributed by atoms with E-state index in [2.05, 4.69) is 10.6 Å². The van der Waals surface area contributed by atoms with Crippen LogP contribution in [0, 0.1) is 5.82 Å². The molecule has 2 rings (SSSR count). The molecule has 7 heteroatoms. The molecule has 0 heterocycles. The zero-order valence-electron chi connectivity index (χ0n) is 12.9. The molecule has 2 N–H and O–H groups in total. The number of ether oxygens (including phenoxy) is 1. The Morgan fingerprint density at radius 2 is 1.92 bits per heavy atom. The maximum atomic E-state index is 13.4. The maximum Gasteiger partial charge on any atom is 0.313 e. The lowest BCUT2D eigenvalue weighted by atomic mass is 10.1. The second-order valence-corrected chi connectivity index (χ2v) is 5.31. The van der Waals surface area contributed by atoms with Gasteiger partial charge in [-0.25, -0.2) is 4.39 Å². The van der Waals surface area contributed by atoms with Gasteiger partial charge in [0.25, 0.3) is 0 Å². The summed E-state index contributed by atoms with van der Waals surface area (Å²) < 4.78 is 18.4. The molecule has 0 aromatic heterocycles. The van der Waals surface area contributed by atoms with Gasteiger partial charge in [0.1, 0.15) is 11.6 Å². The van der Waals surface area contributed by atoms with Crippen molar-refractivity contribution in [2.75, 3.05) is 19.0 Å². The minimum Gasteiger partial charge on any atom is -0.495 e. The first-order chi connectivity index (χ1) is 11.5. The highest BCUT2D eigenvalue weighted by molar-refractivity contribution is 6.40. The molecule has 0 radical (unpaired) electrons. The Morgan fingerprint density at radius 1 is 1.17 bits per heavy atom. The van der Waals surface area contributed by atoms with Crippen LogP contribution in [0.15, 0.2) is 42.5 Å². The lowest BCUT2D eigenvalue weighted by Crippen LogP contribution is -2.36. The quantitative estimate of drug-likeness (QED) is 0.815. The molecule has 2 aromatic rings. The highest BCUT2D eigenvalue weighted by Crippen LogP contribution is 2.27. The van der Waals surface area contributed by atoms with E-state index in [0.717, 1.165) is 0 Å². The molecule has 0 saturated carbocycles. The SMILES string of the molecule is COc1ccc(NC(=O)C(=O)NCCc2ccccc2F)cc1Cl. The largest absolute Gasteiger partial charge is 0.495 e. The van der Waals surface area contributed by atoms with Crippen molar-refractivity contribution in [3.8, 4) is 5.75 Å². The fourth-order valence-corrected chi connectivity index (χ4v) is 2.28. The summed E-state index contributed by atoms with van der Waals surface area (Å²) in [5, 5.41) is 5.18. The van der Waals surface area contributed by atoms with Gasteiger partial charge in [0.05, 0.1) is 12.1 Å². The number of hydrogen-bond acceptors (Lipinski definition) is 3. The van der Waals surface area contributed by atoms with Crippen molar-refractivity contribution < 1.29 is 18.7 Å². The topological polar surface area (TPSA) is 67.4 Å². The number of amides is 2. The molecule has 126 valence electrons. The number of anilines is 1. The number of hydrogen-bond donors (Lipinski definition) is 2. The van der Waals surface area contributed by atoms with E-state index in [9.17, 15) is 14.0 Å². The molecule has 2 aromatic carbocycles. The van der Waals surface area contributed by atoms with Crippen molar-refractivity contribution in [3.63, 3.8) is 0 Å². The zero-order chi connectivity index (χ0) is 17.5. The third-order valence-electron chi connectivity index (χ3n) is 3.25. The number of carbonyl (C=O) groups excluding carboxylic acids is 2. The number of nitrogens with one attached hydrogen (secondary N) is 2. The Hall–Kier alpha value is -2.60. The van der Waals surface area contributed by atoms with Crippen LogP contribution in [-0.4, -0.2) is 25.5 Å². The lowest BCUT2D eigenvalue weighted by Gasteiger charge is -2.09. The highest BCUT2D eigenvalue weighted by atomic mass is 35.5. The summed E-state index contributed by atoms with van der Waals surface area (Å²) in [5.41, 5.74) is 0.843. The summed E-state index contributed by atoms with van der Waals surface area (Å²) in [6.07, 6.45) is 0.292. The van der Waals surface area contributed by atoms with Gasteiger partial charge < -0.3 is 15.4 Å². The summed E-state index contributed by atoms with van der Waals surface area (Å²) >= 11 is 5.95. The second-order valence-electron chi connectivity index (χ2n) is 4.90. The van der Waals surface area contributed by atoms with Gasteiger partial charge in [0.2, 0.25) is 0 Å². The van der Waals surface area contributed by atoms with Crippen LogP contribution >= 0.6 is 11.6 Å². The van der Waals surface area contributed by atoms with Crippen LogP contribution in [0.5, 0.6) is 5.75 Å². The summed E-state index contributed by atoms with van der Waals surface area (Å²) in [7, 11) is 1.47. The van der Waals surface area contributed by atoms with E-state index in [-0.39, 0.29) is 12.4 Å². The van der Waals surface area contributed by atoms with Crippen LogP contribution < -0.4 is 15.4 Å². The summed E-state index contributed by atoms with van der Waals surface area (Å²) in [6.45, 7) is 0.149. The number of benzene rings is 2. The van der Waals surface area contributed by atoms with E-state index in [1.807, 2.05) is 0 Å². The number of methoxy groups -OCH3 is 1. The molecular formula is C17H16ClFN2O3. The highest BCUT2D eigenvalue weighted by Gasteiger charge is 2.14. The minimum atomic E-state index is -0.829. The Kier molecular flexibility index (Phi) is 6.14. The summed E-state index contributed by atoms with van der Waals surface area (Å²) in [6, 6.07) is 10.9. The second kappa shape index (κ2) is 8.31. The smallest absolute Gasteiger partial charge is 0.313 e. The first kappa shape index (κ1) is 17.7. The van der Waals surface area contributed by atoms with Crippen molar-refractivity contribution in [1.29, 1.82) is 0 Å². The average Bonchev–Trinajstić information content (AvgIpc) is 2.56. The first-order valence-corrected chi connectivity index (χ1v) is 7.55. The van der Waals surface area contributed by atoms with Gasteiger partial charge in [-0.15, -0.1) is 0 Å². The van der Waals surface area contributed by atoms with Gasteiger partial charge in [0.15, 0.2) is 0 Å². The normalized spacial score (nSPS) is 10.1. The van der Waals surface area contributed by atoms with E-state index in [1.54, 1.807) is 30.3 Å². The van der Waals surface area contributed by atoms with Crippen LogP contribution in [0.4, 0.5) is 10.1 Å². The van der Waals surface area contributed by atoms with Crippen molar-refractivity contribution in [2.45, 2.75) is 6.42 Å². The molecule has 0 unspecified atom stereocenters. The molecule has 0 fully saturated rings. The van der Waals surface area contributed by atoms with E-state index in [0.29, 0.717) is 28.4 Å². The lowest BCUT2D eigenvalue weighted by molar-refractivity contribution is -0.136. The molecule has 0 aliphatic heterocycles. The molecule has 2 amide bonds. The maximum absolute atomic E-state index is 13.4. The molecule has 0 saturated heterocycles. The van der Waals surface area contributed by atoms with Gasteiger partial charge in [-0.3, -0.25) is 9.59 Å². The van der Waals surface area contributed by atoms with E-state index in [4.69, 9.17) is 16.3 Å². The molecular weight excluding hydrogens is 335 g/mol. The average molecular weight is 351 g/mol. The van der Waals surface area contributed by atoms with E-state index >= 15 is 0 Å². The Balaban J connectivity index is 1.85. The first-order valence-electron chi connectivity index (χ1n) is 7.17. The third-order valence-corrected chi connectivity index (χ3v) is 3.55. The Morgan fingerprint density at radius 3 is 2.58 bits per heavy atom. The van der Waals surface area contributed by atoms with Gasteiger partial charge in [-0.2, -0.15) is 0 Å². The number of carbonyl (C=O) groups is 2. The molecule has 0 spiro atoms. The predicted molar refractivity (Wildman–Crippen MR) is 89.7 cm³/mol. The van der Waals surface area contributed by atoms with Crippen molar-refractivity contribution in [3.05, 3.63) is 58.9 Å². The van der Waals surface area contributed by atoms with Crippen LogP contribution in [0.1, 0.15) is 5.56 Å². The van der Waals surface area contributed by atoms with Crippen molar-refractivity contribution >= 4 is 29.1 Å². The summed E-state index contributed by atoms with van der Waals surface area (Å²) in [5.74, 6) is -1.52. The standard InChI is InChI=1S/C17H16ClFN2O3/c1-24-15-7-6-12(10-13(15)18)21-17(23)16(22)20-9-8-11-4-2-3-5-14(11)19/h2-7,10H,8-9H2,1H3,(H,20,22)(H,21,23). The fourth-order valence-electron chi connectivity index (χ4n) is 2.02. The summed E-state index contributed by atoms with van der Waals surface area (Å²) in [4.78, 5) is 23.6. The van der Waals surface area contributed by atoms with E-state index < -0.39 is 11.8 Å². The van der Waals surface area contributed by atoms with Crippen molar-refractivity contribution in [2.24, 2.45) is 0 Å². The van der Waals surface area contributed by atoms with Gasteiger partial charge in [-0.1, -0.05) is 29.8 Å². The molecule has 0 aliphatic carbocycles. The molecule has 24 heavy (non-hydrogen) atoms. The van der Waals surface area contributed by atoms with Crippen LogP contribution in [0.3, 0.4) is 0 Å². The Bertz CT molecular complexity index is 752. The van der Waals surface area contributed by atoms with Crippen LogP contribution in [0.25, 0.3) is 0 Å². The predicted octanol–water partition coefficient (Wildman–Crippen LogP) is 2.79. The number of halogens is 2.